The molecule has 1 aliphatic rings. The molecule has 0 aromatic heterocycles. The van der Waals surface area contributed by atoms with Gasteiger partial charge in [-0.3, -0.25) is 4.99 Å². The number of hydrogen-bond acceptors (Lipinski definition) is 4. The summed E-state index contributed by atoms with van der Waals surface area (Å²) in [4.78, 5) is 4.61. The molecule has 6 heteroatoms. The van der Waals surface area contributed by atoms with Crippen molar-refractivity contribution < 1.29 is 9.47 Å². The van der Waals surface area contributed by atoms with Crippen LogP contribution in [-0.4, -0.2) is 44.4 Å². The Kier molecular flexibility index (Phi) is 7.93. The van der Waals surface area contributed by atoms with E-state index in [1.54, 1.807) is 0 Å². The Labute approximate surface area is 143 Å². The number of unbranched alkanes of at least 4 members (excludes halogenated alkanes) is 1. The highest BCUT2D eigenvalue weighted by Crippen LogP contribution is 2.32. The van der Waals surface area contributed by atoms with Gasteiger partial charge in [-0.1, -0.05) is 6.07 Å². The molecule has 23 heavy (non-hydrogen) atoms. The predicted octanol–water partition coefficient (Wildman–Crippen LogP) is 2.66. The Morgan fingerprint density at radius 1 is 1.22 bits per heavy atom. The lowest BCUT2D eigenvalue weighted by atomic mass is 10.1. The van der Waals surface area contributed by atoms with Gasteiger partial charge in [0.1, 0.15) is 0 Å². The molecule has 2 N–H and O–H groups in total. The first kappa shape index (κ1) is 17.8. The standard InChI is InChI=1S/C17H27N3O2S/c1-3-18-17(19-9-4-5-11-23-2)20-10-8-14-6-7-15-16(12-14)22-13-21-15/h6-7,12H,3-5,8-11,13H2,1-2H3,(H2,18,19,20). The summed E-state index contributed by atoms with van der Waals surface area (Å²) in [5.74, 6) is 3.79. The first-order valence-electron chi connectivity index (χ1n) is 8.23. The van der Waals surface area contributed by atoms with E-state index in [-0.39, 0.29) is 0 Å². The minimum Gasteiger partial charge on any atom is -0.454 e. The van der Waals surface area contributed by atoms with Gasteiger partial charge in [0.25, 0.3) is 0 Å². The minimum absolute atomic E-state index is 0.324. The number of rotatable bonds is 9. The highest BCUT2D eigenvalue weighted by Gasteiger charge is 2.12. The molecule has 0 radical (unpaired) electrons. The van der Waals surface area contributed by atoms with E-state index < -0.39 is 0 Å². The number of nitrogens with one attached hydrogen (secondary N) is 2. The Morgan fingerprint density at radius 2 is 2.09 bits per heavy atom. The number of thioether (sulfide) groups is 1. The molecule has 2 rings (SSSR count). The zero-order valence-electron chi connectivity index (χ0n) is 14.1. The van der Waals surface area contributed by atoms with Crippen LogP contribution in [0.2, 0.25) is 0 Å². The molecular weight excluding hydrogens is 310 g/mol. The van der Waals surface area contributed by atoms with Crippen molar-refractivity contribution in [2.45, 2.75) is 26.2 Å². The number of nitrogens with zero attached hydrogens (tertiary/aromatic N) is 1. The topological polar surface area (TPSA) is 54.9 Å². The lowest BCUT2D eigenvalue weighted by molar-refractivity contribution is 0.174. The van der Waals surface area contributed by atoms with E-state index in [9.17, 15) is 0 Å². The number of guanidine groups is 1. The van der Waals surface area contributed by atoms with E-state index in [0.29, 0.717) is 6.79 Å². The molecule has 0 saturated heterocycles. The van der Waals surface area contributed by atoms with Crippen molar-refractivity contribution in [2.75, 3.05) is 38.4 Å². The molecule has 0 spiro atoms. The summed E-state index contributed by atoms with van der Waals surface area (Å²) in [5.41, 5.74) is 1.23. The third-order valence-electron chi connectivity index (χ3n) is 3.51. The van der Waals surface area contributed by atoms with Gasteiger partial charge in [-0.25, -0.2) is 0 Å². The summed E-state index contributed by atoms with van der Waals surface area (Å²) in [6.07, 6.45) is 5.43. The van der Waals surface area contributed by atoms with Crippen molar-refractivity contribution in [3.8, 4) is 11.5 Å². The van der Waals surface area contributed by atoms with Crippen LogP contribution < -0.4 is 20.1 Å². The summed E-state index contributed by atoms with van der Waals surface area (Å²) < 4.78 is 10.7. The zero-order valence-corrected chi connectivity index (χ0v) is 14.9. The summed E-state index contributed by atoms with van der Waals surface area (Å²) >= 11 is 1.89. The van der Waals surface area contributed by atoms with E-state index in [1.165, 1.54) is 17.7 Å². The molecule has 0 aliphatic carbocycles. The predicted molar refractivity (Wildman–Crippen MR) is 97.9 cm³/mol. The van der Waals surface area contributed by atoms with Crippen LogP contribution in [0.4, 0.5) is 0 Å². The van der Waals surface area contributed by atoms with Gasteiger partial charge in [0, 0.05) is 19.6 Å². The fraction of sp³-hybridized carbons (Fsp3) is 0.588. The van der Waals surface area contributed by atoms with E-state index in [1.807, 2.05) is 17.8 Å². The van der Waals surface area contributed by atoms with Gasteiger partial charge < -0.3 is 20.1 Å². The summed E-state index contributed by atoms with van der Waals surface area (Å²) in [6, 6.07) is 6.11. The molecule has 0 bridgehead atoms. The molecule has 0 atom stereocenters. The smallest absolute Gasteiger partial charge is 0.231 e. The van der Waals surface area contributed by atoms with Crippen molar-refractivity contribution in [3.63, 3.8) is 0 Å². The van der Waals surface area contributed by atoms with Gasteiger partial charge in [-0.2, -0.15) is 11.8 Å². The molecule has 1 aliphatic heterocycles. The quantitative estimate of drug-likeness (QED) is 0.412. The number of benzene rings is 1. The van der Waals surface area contributed by atoms with Gasteiger partial charge in [0.2, 0.25) is 6.79 Å². The number of hydrogen-bond donors (Lipinski definition) is 2. The molecular formula is C17H27N3O2S. The van der Waals surface area contributed by atoms with E-state index in [4.69, 9.17) is 9.47 Å². The average molecular weight is 337 g/mol. The molecule has 0 amide bonds. The van der Waals surface area contributed by atoms with Crippen LogP contribution >= 0.6 is 11.8 Å². The average Bonchev–Trinajstić information content (AvgIpc) is 3.02. The van der Waals surface area contributed by atoms with Crippen LogP contribution in [0.15, 0.2) is 23.2 Å². The van der Waals surface area contributed by atoms with Crippen LogP contribution in [0, 0.1) is 0 Å². The fourth-order valence-corrected chi connectivity index (χ4v) is 2.81. The van der Waals surface area contributed by atoms with Gasteiger partial charge >= 0.3 is 0 Å². The van der Waals surface area contributed by atoms with Crippen LogP contribution in [0.3, 0.4) is 0 Å². The number of ether oxygens (including phenoxy) is 2. The maximum atomic E-state index is 5.41. The minimum atomic E-state index is 0.324. The zero-order chi connectivity index (χ0) is 16.3. The Hall–Kier alpha value is -1.56. The van der Waals surface area contributed by atoms with Gasteiger partial charge in [-0.05, 0) is 55.9 Å². The van der Waals surface area contributed by atoms with Gasteiger partial charge in [0.05, 0.1) is 0 Å². The Balaban J connectivity index is 1.74. The van der Waals surface area contributed by atoms with Crippen molar-refractivity contribution in [1.29, 1.82) is 0 Å². The van der Waals surface area contributed by atoms with Gasteiger partial charge in [-0.15, -0.1) is 0 Å². The third-order valence-corrected chi connectivity index (χ3v) is 4.21. The van der Waals surface area contributed by atoms with Gasteiger partial charge in [0.15, 0.2) is 17.5 Å². The van der Waals surface area contributed by atoms with Crippen molar-refractivity contribution >= 4 is 17.7 Å². The largest absolute Gasteiger partial charge is 0.454 e. The maximum Gasteiger partial charge on any atom is 0.231 e. The third kappa shape index (κ3) is 6.22. The number of aliphatic imine (C=N–C) groups is 1. The Morgan fingerprint density at radius 3 is 2.91 bits per heavy atom. The second kappa shape index (κ2) is 10.3. The van der Waals surface area contributed by atoms with Crippen molar-refractivity contribution in [2.24, 2.45) is 4.99 Å². The molecule has 1 aromatic rings. The molecule has 1 aromatic carbocycles. The highest BCUT2D eigenvalue weighted by atomic mass is 32.2. The second-order valence-electron chi connectivity index (χ2n) is 5.32. The first-order chi connectivity index (χ1) is 11.3. The molecule has 0 fully saturated rings. The first-order valence-corrected chi connectivity index (χ1v) is 9.62. The number of fused-ring (bicyclic) bond motifs is 1. The lowest BCUT2D eigenvalue weighted by Crippen LogP contribution is -2.38. The van der Waals surface area contributed by atoms with Crippen LogP contribution in [0.1, 0.15) is 25.3 Å². The Bertz CT molecular complexity index is 509. The normalized spacial score (nSPS) is 13.2. The highest BCUT2D eigenvalue weighted by molar-refractivity contribution is 7.98. The van der Waals surface area contributed by atoms with Crippen LogP contribution in [0.25, 0.3) is 0 Å². The van der Waals surface area contributed by atoms with Crippen LogP contribution in [-0.2, 0) is 6.42 Å². The summed E-state index contributed by atoms with van der Waals surface area (Å²) in [7, 11) is 0. The van der Waals surface area contributed by atoms with E-state index >= 15 is 0 Å². The second-order valence-corrected chi connectivity index (χ2v) is 6.31. The maximum absolute atomic E-state index is 5.41. The molecule has 5 nitrogen and oxygen atoms in total. The molecule has 0 saturated carbocycles. The molecule has 1 heterocycles. The fourth-order valence-electron chi connectivity index (χ4n) is 2.31. The molecule has 0 unspecified atom stereocenters. The lowest BCUT2D eigenvalue weighted by Gasteiger charge is -2.11. The van der Waals surface area contributed by atoms with Crippen LogP contribution in [0.5, 0.6) is 11.5 Å². The summed E-state index contributed by atoms with van der Waals surface area (Å²) in [5, 5.41) is 6.68. The van der Waals surface area contributed by atoms with Crippen molar-refractivity contribution in [3.05, 3.63) is 23.8 Å². The van der Waals surface area contributed by atoms with E-state index in [0.717, 1.165) is 49.9 Å². The van der Waals surface area contributed by atoms with Crippen molar-refractivity contribution in [1.82, 2.24) is 10.6 Å². The monoisotopic (exact) mass is 337 g/mol. The summed E-state index contributed by atoms with van der Waals surface area (Å²) in [6.45, 7) is 5.00. The SMILES string of the molecule is CCNC(=NCCCCSC)NCCc1ccc2c(c1)OCO2. The van der Waals surface area contributed by atoms with E-state index in [2.05, 4.69) is 40.9 Å². The molecule has 128 valence electrons.